The van der Waals surface area contributed by atoms with Crippen LogP contribution in [0.4, 0.5) is 8.78 Å². The van der Waals surface area contributed by atoms with Gasteiger partial charge < -0.3 is 5.32 Å². The Morgan fingerprint density at radius 2 is 1.85 bits per heavy atom. The summed E-state index contributed by atoms with van der Waals surface area (Å²) < 4.78 is 27.4. The van der Waals surface area contributed by atoms with Gasteiger partial charge in [-0.15, -0.1) is 0 Å². The van der Waals surface area contributed by atoms with E-state index in [9.17, 15) is 8.78 Å². The van der Waals surface area contributed by atoms with E-state index in [1.807, 2.05) is 0 Å². The quantitative estimate of drug-likeness (QED) is 0.902. The highest BCUT2D eigenvalue weighted by atomic mass is 19.1. The Kier molecular flexibility index (Phi) is 3.90. The number of hydrogen-bond acceptors (Lipinski definition) is 2. The summed E-state index contributed by atoms with van der Waals surface area (Å²) in [5.74, 6) is -0.899. The molecule has 2 N–H and O–H groups in total. The molecule has 0 aliphatic rings. The fourth-order valence-electron chi connectivity index (χ4n) is 1.79. The van der Waals surface area contributed by atoms with E-state index in [1.54, 1.807) is 6.07 Å². The second-order valence-electron chi connectivity index (χ2n) is 5.96. The van der Waals surface area contributed by atoms with Gasteiger partial charge in [0.05, 0.1) is 5.69 Å². The number of benzene rings is 1. The molecule has 0 aliphatic carbocycles. The number of nitrogens with one attached hydrogen (secondary N) is 2. The molecule has 0 radical (unpaired) electrons. The molecule has 0 fully saturated rings. The second kappa shape index (κ2) is 5.32. The largest absolute Gasteiger partial charge is 0.306 e. The van der Waals surface area contributed by atoms with Crippen LogP contribution >= 0.6 is 0 Å². The third kappa shape index (κ3) is 3.42. The molecule has 108 valence electrons. The van der Waals surface area contributed by atoms with Crippen molar-refractivity contribution in [1.29, 1.82) is 0 Å². The number of aryl methyl sites for hydroxylation is 1. The molecule has 3 nitrogen and oxygen atoms in total. The van der Waals surface area contributed by atoms with Gasteiger partial charge in [-0.2, -0.15) is 5.10 Å². The maximum absolute atomic E-state index is 13.9. The lowest BCUT2D eigenvalue weighted by atomic mass is 10.1. The number of hydrogen-bond donors (Lipinski definition) is 2. The Labute approximate surface area is 117 Å². The van der Waals surface area contributed by atoms with Gasteiger partial charge in [0.15, 0.2) is 0 Å². The molecule has 1 aromatic heterocycles. The maximum Gasteiger partial charge on any atom is 0.133 e. The average Bonchev–Trinajstić information content (AvgIpc) is 2.79. The lowest BCUT2D eigenvalue weighted by molar-refractivity contribution is 0.421. The van der Waals surface area contributed by atoms with E-state index in [1.165, 1.54) is 19.1 Å². The van der Waals surface area contributed by atoms with Crippen LogP contribution in [0.1, 0.15) is 32.0 Å². The normalized spacial score (nSPS) is 11.9. The smallest absolute Gasteiger partial charge is 0.133 e. The van der Waals surface area contributed by atoms with Crippen LogP contribution in [-0.4, -0.2) is 15.7 Å². The van der Waals surface area contributed by atoms with Crippen molar-refractivity contribution >= 4 is 0 Å². The Morgan fingerprint density at radius 1 is 1.15 bits per heavy atom. The molecule has 2 aromatic rings. The summed E-state index contributed by atoms with van der Waals surface area (Å²) in [4.78, 5) is 0. The zero-order valence-electron chi connectivity index (χ0n) is 12.1. The van der Waals surface area contributed by atoms with Gasteiger partial charge in [-0.1, -0.05) is 0 Å². The lowest BCUT2D eigenvalue weighted by Crippen LogP contribution is -2.35. The summed E-state index contributed by atoms with van der Waals surface area (Å²) in [5, 5.41) is 10.2. The first-order chi connectivity index (χ1) is 9.26. The molecular formula is C15H19F2N3. The van der Waals surface area contributed by atoms with E-state index >= 15 is 0 Å². The van der Waals surface area contributed by atoms with Gasteiger partial charge in [0.2, 0.25) is 0 Å². The van der Waals surface area contributed by atoms with Crippen LogP contribution in [-0.2, 0) is 6.54 Å². The fraction of sp³-hybridized carbons (Fsp3) is 0.400. The number of aromatic nitrogens is 2. The SMILES string of the molecule is Cc1cc(F)c(-c2cc(CNC(C)(C)C)[nH]n2)cc1F. The van der Waals surface area contributed by atoms with Crippen LogP contribution in [0.2, 0.25) is 0 Å². The first-order valence-electron chi connectivity index (χ1n) is 6.51. The molecule has 0 unspecified atom stereocenters. The van der Waals surface area contributed by atoms with Crippen molar-refractivity contribution in [2.75, 3.05) is 0 Å². The topological polar surface area (TPSA) is 40.7 Å². The van der Waals surface area contributed by atoms with Crippen LogP contribution in [0.15, 0.2) is 18.2 Å². The number of H-pyrrole nitrogens is 1. The molecule has 0 aliphatic heterocycles. The third-order valence-electron chi connectivity index (χ3n) is 2.96. The highest BCUT2D eigenvalue weighted by Gasteiger charge is 2.14. The molecule has 1 aromatic carbocycles. The van der Waals surface area contributed by atoms with Crippen LogP contribution in [0.25, 0.3) is 11.3 Å². The van der Waals surface area contributed by atoms with Gasteiger partial charge in [0, 0.05) is 23.3 Å². The van der Waals surface area contributed by atoms with Crippen LogP contribution < -0.4 is 5.32 Å². The maximum atomic E-state index is 13.9. The van der Waals surface area contributed by atoms with Crippen LogP contribution in [0.5, 0.6) is 0 Å². The molecule has 5 heteroatoms. The monoisotopic (exact) mass is 279 g/mol. The number of aromatic amines is 1. The van der Waals surface area contributed by atoms with Crippen LogP contribution in [0.3, 0.4) is 0 Å². The molecule has 0 spiro atoms. The fourth-order valence-corrected chi connectivity index (χ4v) is 1.79. The highest BCUT2D eigenvalue weighted by molar-refractivity contribution is 5.60. The van der Waals surface area contributed by atoms with Gasteiger partial charge in [0.1, 0.15) is 11.6 Å². The van der Waals surface area contributed by atoms with Gasteiger partial charge in [-0.25, -0.2) is 8.78 Å². The van der Waals surface area contributed by atoms with E-state index in [4.69, 9.17) is 0 Å². The molecule has 0 saturated heterocycles. The molecule has 0 amide bonds. The Bertz CT molecular complexity index is 612. The molecular weight excluding hydrogens is 260 g/mol. The molecule has 2 rings (SSSR count). The van der Waals surface area contributed by atoms with Gasteiger partial charge in [-0.3, -0.25) is 5.10 Å². The zero-order chi connectivity index (χ0) is 14.9. The number of nitrogens with zero attached hydrogens (tertiary/aromatic N) is 1. The van der Waals surface area contributed by atoms with Crippen molar-refractivity contribution in [2.45, 2.75) is 39.8 Å². The minimum Gasteiger partial charge on any atom is -0.306 e. The van der Waals surface area contributed by atoms with Gasteiger partial charge >= 0.3 is 0 Å². The van der Waals surface area contributed by atoms with Gasteiger partial charge in [0.25, 0.3) is 0 Å². The van der Waals surface area contributed by atoms with Crippen molar-refractivity contribution < 1.29 is 8.78 Å². The summed E-state index contributed by atoms with van der Waals surface area (Å²) in [6.45, 7) is 8.29. The van der Waals surface area contributed by atoms with E-state index in [2.05, 4.69) is 36.3 Å². The van der Waals surface area contributed by atoms with Crippen molar-refractivity contribution in [3.05, 3.63) is 41.1 Å². The standard InChI is InChI=1S/C15H19F2N3/c1-9-5-13(17)11(7-12(9)16)14-6-10(19-20-14)8-18-15(2,3)4/h5-7,18H,8H2,1-4H3,(H,19,20). The Balaban J connectivity index is 2.23. The van der Waals surface area contributed by atoms with E-state index in [0.29, 0.717) is 12.2 Å². The summed E-state index contributed by atoms with van der Waals surface area (Å²) in [5.41, 5.74) is 1.68. The predicted molar refractivity (Wildman–Crippen MR) is 75.3 cm³/mol. The Hall–Kier alpha value is -1.75. The molecule has 0 atom stereocenters. The lowest BCUT2D eigenvalue weighted by Gasteiger charge is -2.19. The summed E-state index contributed by atoms with van der Waals surface area (Å²) in [6, 6.07) is 4.10. The molecule has 20 heavy (non-hydrogen) atoms. The first kappa shape index (κ1) is 14.7. The average molecular weight is 279 g/mol. The highest BCUT2D eigenvalue weighted by Crippen LogP contribution is 2.24. The van der Waals surface area contributed by atoms with Crippen molar-refractivity contribution in [1.82, 2.24) is 15.5 Å². The van der Waals surface area contributed by atoms with Crippen molar-refractivity contribution in [3.63, 3.8) is 0 Å². The van der Waals surface area contributed by atoms with E-state index in [-0.39, 0.29) is 16.7 Å². The third-order valence-corrected chi connectivity index (χ3v) is 2.96. The minimum atomic E-state index is -0.467. The van der Waals surface area contributed by atoms with E-state index < -0.39 is 11.6 Å². The number of rotatable bonds is 3. The molecule has 0 saturated carbocycles. The molecule has 1 heterocycles. The van der Waals surface area contributed by atoms with Crippen molar-refractivity contribution in [3.8, 4) is 11.3 Å². The summed E-state index contributed by atoms with van der Waals surface area (Å²) in [7, 11) is 0. The minimum absolute atomic E-state index is 0.0213. The second-order valence-corrected chi connectivity index (χ2v) is 5.96. The van der Waals surface area contributed by atoms with E-state index in [0.717, 1.165) is 5.69 Å². The first-order valence-corrected chi connectivity index (χ1v) is 6.51. The molecule has 0 bridgehead atoms. The van der Waals surface area contributed by atoms with Crippen molar-refractivity contribution in [2.24, 2.45) is 0 Å². The Morgan fingerprint density at radius 3 is 2.50 bits per heavy atom. The number of halogens is 2. The van der Waals surface area contributed by atoms with Gasteiger partial charge in [-0.05, 0) is 51.5 Å². The summed E-state index contributed by atoms with van der Waals surface area (Å²) in [6.07, 6.45) is 0. The zero-order valence-corrected chi connectivity index (χ0v) is 12.1. The summed E-state index contributed by atoms with van der Waals surface area (Å²) >= 11 is 0. The predicted octanol–water partition coefficient (Wildman–Crippen LogP) is 3.55. The van der Waals surface area contributed by atoms with Crippen LogP contribution in [0, 0.1) is 18.6 Å².